The van der Waals surface area contributed by atoms with Crippen molar-refractivity contribution in [1.29, 1.82) is 0 Å². The summed E-state index contributed by atoms with van der Waals surface area (Å²) in [7, 11) is 0. The first-order valence-electron chi connectivity index (χ1n) is 6.36. The topological polar surface area (TPSA) is 104 Å². The van der Waals surface area contributed by atoms with Gasteiger partial charge in [0, 0.05) is 6.42 Å². The Morgan fingerprint density at radius 1 is 1.10 bits per heavy atom. The van der Waals surface area contributed by atoms with E-state index in [0.29, 0.717) is 6.42 Å². The second kappa shape index (κ2) is 7.28. The van der Waals surface area contributed by atoms with Crippen molar-refractivity contribution in [3.63, 3.8) is 0 Å². The van der Waals surface area contributed by atoms with Crippen molar-refractivity contribution >= 4 is 23.5 Å². The number of nitrogens with one attached hydrogen (secondary N) is 1. The number of rotatable bonds is 7. The van der Waals surface area contributed by atoms with Crippen LogP contribution in [0.3, 0.4) is 0 Å². The van der Waals surface area contributed by atoms with E-state index in [1.807, 2.05) is 6.92 Å². The van der Waals surface area contributed by atoms with E-state index in [1.165, 1.54) is 12.1 Å². The maximum absolute atomic E-state index is 11.7. The van der Waals surface area contributed by atoms with Gasteiger partial charge in [0.15, 0.2) is 0 Å². The second-order valence-electron chi connectivity index (χ2n) is 4.38. The highest BCUT2D eigenvalue weighted by Gasteiger charge is 2.15. The zero-order valence-corrected chi connectivity index (χ0v) is 11.2. The number of hydrogen-bond donors (Lipinski definition) is 3. The van der Waals surface area contributed by atoms with Gasteiger partial charge in [-0.1, -0.05) is 19.8 Å². The molecule has 0 radical (unpaired) electrons. The molecule has 0 saturated heterocycles. The first kappa shape index (κ1) is 15.7. The Hall–Kier alpha value is -2.37. The van der Waals surface area contributed by atoms with Gasteiger partial charge in [-0.2, -0.15) is 0 Å². The Balaban J connectivity index is 2.86. The van der Waals surface area contributed by atoms with E-state index < -0.39 is 11.9 Å². The van der Waals surface area contributed by atoms with Crippen molar-refractivity contribution in [2.24, 2.45) is 0 Å². The number of carbonyl (C=O) groups is 3. The number of aromatic carboxylic acids is 2. The highest BCUT2D eigenvalue weighted by atomic mass is 16.4. The van der Waals surface area contributed by atoms with Crippen molar-refractivity contribution in [2.75, 3.05) is 5.32 Å². The number of carboxylic acids is 2. The van der Waals surface area contributed by atoms with Gasteiger partial charge in [0.05, 0.1) is 16.8 Å². The summed E-state index contributed by atoms with van der Waals surface area (Å²) in [6, 6.07) is 3.59. The van der Waals surface area contributed by atoms with Crippen LogP contribution in [-0.2, 0) is 4.79 Å². The van der Waals surface area contributed by atoms with Crippen LogP contribution in [0.4, 0.5) is 5.69 Å². The fourth-order valence-corrected chi connectivity index (χ4v) is 1.71. The molecule has 0 saturated carbocycles. The number of anilines is 1. The summed E-state index contributed by atoms with van der Waals surface area (Å²) in [4.78, 5) is 33.6. The Bertz CT molecular complexity index is 524. The molecule has 1 rings (SSSR count). The van der Waals surface area contributed by atoms with Crippen LogP contribution in [0, 0.1) is 0 Å². The summed E-state index contributed by atoms with van der Waals surface area (Å²) in [5.41, 5.74) is -0.246. The van der Waals surface area contributed by atoms with Crippen molar-refractivity contribution in [3.05, 3.63) is 29.3 Å². The van der Waals surface area contributed by atoms with Crippen molar-refractivity contribution in [2.45, 2.75) is 32.6 Å². The molecule has 0 heterocycles. The molecule has 1 aromatic rings. The molecule has 0 fully saturated rings. The number of benzene rings is 1. The van der Waals surface area contributed by atoms with Gasteiger partial charge in [0.25, 0.3) is 0 Å². The highest BCUT2D eigenvalue weighted by molar-refractivity contribution is 6.02. The molecule has 0 spiro atoms. The minimum atomic E-state index is -1.28. The van der Waals surface area contributed by atoms with Crippen LogP contribution in [0.2, 0.25) is 0 Å². The fraction of sp³-hybridized carbons (Fsp3) is 0.357. The lowest BCUT2D eigenvalue weighted by atomic mass is 10.1. The normalized spacial score (nSPS) is 10.1. The number of amides is 1. The number of hydrogen-bond acceptors (Lipinski definition) is 3. The van der Waals surface area contributed by atoms with E-state index in [0.717, 1.165) is 25.3 Å². The fourth-order valence-electron chi connectivity index (χ4n) is 1.71. The standard InChI is InChI=1S/C14H17NO5/c1-2-3-4-5-12(16)15-11-7-6-9(13(17)18)8-10(11)14(19)20/h6-8H,2-5H2,1H3,(H,15,16)(H,17,18)(H,19,20). The van der Waals surface area contributed by atoms with E-state index >= 15 is 0 Å². The summed E-state index contributed by atoms with van der Waals surface area (Å²) in [6.45, 7) is 2.02. The lowest BCUT2D eigenvalue weighted by Crippen LogP contribution is -2.15. The average molecular weight is 279 g/mol. The molecule has 0 atom stereocenters. The first-order chi connectivity index (χ1) is 9.45. The van der Waals surface area contributed by atoms with Crippen molar-refractivity contribution < 1.29 is 24.6 Å². The van der Waals surface area contributed by atoms with Crippen LogP contribution in [0.5, 0.6) is 0 Å². The number of unbranched alkanes of at least 4 members (excludes halogenated alkanes) is 2. The van der Waals surface area contributed by atoms with E-state index in [1.54, 1.807) is 0 Å². The molecule has 0 aliphatic rings. The van der Waals surface area contributed by atoms with Crippen molar-refractivity contribution in [3.8, 4) is 0 Å². The molecule has 3 N–H and O–H groups in total. The molecular formula is C14H17NO5. The quantitative estimate of drug-likeness (QED) is 0.665. The van der Waals surface area contributed by atoms with Crippen LogP contribution >= 0.6 is 0 Å². The van der Waals surface area contributed by atoms with Gasteiger partial charge in [-0.05, 0) is 24.6 Å². The number of carbonyl (C=O) groups excluding carboxylic acids is 1. The Labute approximate surface area is 116 Å². The first-order valence-corrected chi connectivity index (χ1v) is 6.36. The van der Waals surface area contributed by atoms with Gasteiger partial charge in [-0.3, -0.25) is 4.79 Å². The monoisotopic (exact) mass is 279 g/mol. The van der Waals surface area contributed by atoms with Gasteiger partial charge in [-0.15, -0.1) is 0 Å². The summed E-state index contributed by atoms with van der Waals surface area (Å²) >= 11 is 0. The minimum Gasteiger partial charge on any atom is -0.478 e. The second-order valence-corrected chi connectivity index (χ2v) is 4.38. The SMILES string of the molecule is CCCCCC(=O)Nc1ccc(C(=O)O)cc1C(=O)O. The Morgan fingerprint density at radius 3 is 2.35 bits per heavy atom. The van der Waals surface area contributed by atoms with Gasteiger partial charge < -0.3 is 15.5 Å². The molecule has 108 valence electrons. The summed E-state index contributed by atoms with van der Waals surface area (Å²) in [6.07, 6.45) is 2.96. The maximum Gasteiger partial charge on any atom is 0.337 e. The minimum absolute atomic E-state index is 0.115. The predicted octanol–water partition coefficient (Wildman–Crippen LogP) is 2.60. The van der Waals surface area contributed by atoms with Crippen molar-refractivity contribution in [1.82, 2.24) is 0 Å². The summed E-state index contributed by atoms with van der Waals surface area (Å²) in [5, 5.41) is 20.4. The van der Waals surface area contributed by atoms with Crippen LogP contribution in [0.15, 0.2) is 18.2 Å². The molecule has 0 aromatic heterocycles. The number of carboxylic acid groups (broad SMARTS) is 2. The highest BCUT2D eigenvalue weighted by Crippen LogP contribution is 2.18. The van der Waals surface area contributed by atoms with Crippen LogP contribution < -0.4 is 5.32 Å². The Morgan fingerprint density at radius 2 is 1.80 bits per heavy atom. The van der Waals surface area contributed by atoms with Gasteiger partial charge in [0.2, 0.25) is 5.91 Å². The molecule has 1 amide bonds. The Kier molecular flexibility index (Phi) is 5.71. The zero-order valence-electron chi connectivity index (χ0n) is 11.2. The van der Waals surface area contributed by atoms with E-state index in [4.69, 9.17) is 10.2 Å². The largest absolute Gasteiger partial charge is 0.478 e. The molecule has 0 aliphatic heterocycles. The molecule has 0 bridgehead atoms. The van der Waals surface area contributed by atoms with Crippen LogP contribution in [-0.4, -0.2) is 28.1 Å². The summed E-state index contributed by atoms with van der Waals surface area (Å²) < 4.78 is 0. The van der Waals surface area contributed by atoms with Gasteiger partial charge >= 0.3 is 11.9 Å². The van der Waals surface area contributed by atoms with Crippen LogP contribution in [0.25, 0.3) is 0 Å². The molecule has 0 aliphatic carbocycles. The third kappa shape index (κ3) is 4.38. The third-order valence-electron chi connectivity index (χ3n) is 2.78. The summed E-state index contributed by atoms with van der Waals surface area (Å²) in [5.74, 6) is -2.77. The van der Waals surface area contributed by atoms with E-state index in [-0.39, 0.29) is 22.7 Å². The lowest BCUT2D eigenvalue weighted by Gasteiger charge is -2.09. The van der Waals surface area contributed by atoms with Crippen LogP contribution in [0.1, 0.15) is 53.3 Å². The third-order valence-corrected chi connectivity index (χ3v) is 2.78. The molecular weight excluding hydrogens is 262 g/mol. The predicted molar refractivity (Wildman–Crippen MR) is 73.1 cm³/mol. The smallest absolute Gasteiger partial charge is 0.337 e. The zero-order chi connectivity index (χ0) is 15.1. The maximum atomic E-state index is 11.7. The molecule has 0 unspecified atom stereocenters. The van der Waals surface area contributed by atoms with E-state index in [2.05, 4.69) is 5.32 Å². The van der Waals surface area contributed by atoms with Gasteiger partial charge in [-0.25, -0.2) is 9.59 Å². The average Bonchev–Trinajstić information content (AvgIpc) is 2.38. The van der Waals surface area contributed by atoms with E-state index in [9.17, 15) is 14.4 Å². The molecule has 20 heavy (non-hydrogen) atoms. The lowest BCUT2D eigenvalue weighted by molar-refractivity contribution is -0.116. The molecule has 1 aromatic carbocycles. The van der Waals surface area contributed by atoms with Gasteiger partial charge in [0.1, 0.15) is 0 Å². The molecule has 6 nitrogen and oxygen atoms in total. The molecule has 6 heteroatoms.